The van der Waals surface area contributed by atoms with Crippen molar-refractivity contribution < 1.29 is 18.9 Å². The zero-order valence-electron chi connectivity index (χ0n) is 16.2. The molecule has 0 aromatic carbocycles. The van der Waals surface area contributed by atoms with Crippen molar-refractivity contribution in [3.63, 3.8) is 0 Å². The highest BCUT2D eigenvalue weighted by atomic mass is 32.1. The average molecular weight is 399 g/mol. The number of thiazole rings is 2. The van der Waals surface area contributed by atoms with Gasteiger partial charge in [0, 0.05) is 0 Å². The molecule has 2 aromatic rings. The van der Waals surface area contributed by atoms with Crippen molar-refractivity contribution in [3.8, 4) is 9.75 Å². The van der Waals surface area contributed by atoms with Crippen LogP contribution in [-0.4, -0.2) is 36.4 Å². The van der Waals surface area contributed by atoms with Crippen LogP contribution < -0.4 is 0 Å². The molecule has 2 aliphatic heterocycles. The van der Waals surface area contributed by atoms with Gasteiger partial charge < -0.3 is 18.9 Å². The van der Waals surface area contributed by atoms with Crippen LogP contribution in [0.4, 0.5) is 0 Å². The Morgan fingerprint density at radius 1 is 0.654 bits per heavy atom. The summed E-state index contributed by atoms with van der Waals surface area (Å²) in [6, 6.07) is 0. The Bertz CT molecular complexity index is 695. The number of ether oxygens (including phenoxy) is 4. The van der Waals surface area contributed by atoms with Gasteiger partial charge in [0.1, 0.15) is 11.4 Å². The van der Waals surface area contributed by atoms with Gasteiger partial charge in [-0.3, -0.25) is 0 Å². The normalized spacial score (nSPS) is 20.8. The molecule has 0 bridgehead atoms. The first kappa shape index (κ1) is 19.9. The number of hydrogen-bond donors (Lipinski definition) is 0. The standard InChI is InChI=1S/C14H14N2O4S2.2C2H6/c1-7-15-11-9(21-7)10-12(16-8(2)22-10)14(19-5-6-20-14)13(11)17-3-4-18-13;2*1-2/h3-6H2,1-2H3;2*1-2H3. The van der Waals surface area contributed by atoms with Gasteiger partial charge in [-0.25, -0.2) is 9.97 Å². The second-order valence-electron chi connectivity index (χ2n) is 5.45. The monoisotopic (exact) mass is 398 g/mol. The topological polar surface area (TPSA) is 62.7 Å². The summed E-state index contributed by atoms with van der Waals surface area (Å²) in [5.41, 5.74) is 1.54. The summed E-state index contributed by atoms with van der Waals surface area (Å²) in [4.78, 5) is 11.5. The molecule has 8 heteroatoms. The minimum absolute atomic E-state index is 0.489. The lowest BCUT2D eigenvalue weighted by Crippen LogP contribution is -2.54. The van der Waals surface area contributed by atoms with Crippen molar-refractivity contribution in [2.45, 2.75) is 53.1 Å². The Morgan fingerprint density at radius 2 is 0.962 bits per heavy atom. The fourth-order valence-corrected chi connectivity index (χ4v) is 5.44. The van der Waals surface area contributed by atoms with Crippen LogP contribution in [0.5, 0.6) is 0 Å². The molecule has 1 aliphatic carbocycles. The first-order valence-corrected chi connectivity index (χ1v) is 10.8. The van der Waals surface area contributed by atoms with E-state index in [4.69, 9.17) is 28.9 Å². The zero-order chi connectivity index (χ0) is 18.9. The molecule has 2 saturated heterocycles. The molecule has 0 amide bonds. The molecular weight excluding hydrogens is 372 g/mol. The predicted molar refractivity (Wildman–Crippen MR) is 103 cm³/mol. The van der Waals surface area contributed by atoms with E-state index in [-0.39, 0.29) is 0 Å². The summed E-state index contributed by atoms with van der Waals surface area (Å²) in [5.74, 6) is -2.28. The van der Waals surface area contributed by atoms with E-state index in [9.17, 15) is 0 Å². The molecule has 144 valence electrons. The van der Waals surface area contributed by atoms with Crippen LogP contribution in [0.2, 0.25) is 0 Å². The van der Waals surface area contributed by atoms with Crippen LogP contribution in [-0.2, 0) is 30.5 Å². The summed E-state index contributed by atoms with van der Waals surface area (Å²) in [6.07, 6.45) is 0. The van der Waals surface area contributed by atoms with E-state index in [1.54, 1.807) is 22.7 Å². The van der Waals surface area contributed by atoms with E-state index in [2.05, 4.69) is 0 Å². The number of aryl methyl sites for hydroxylation is 2. The molecule has 26 heavy (non-hydrogen) atoms. The van der Waals surface area contributed by atoms with Gasteiger partial charge in [-0.2, -0.15) is 0 Å². The lowest BCUT2D eigenvalue weighted by molar-refractivity contribution is -0.368. The molecule has 5 rings (SSSR count). The largest absolute Gasteiger partial charge is 0.338 e. The van der Waals surface area contributed by atoms with Crippen molar-refractivity contribution in [1.82, 2.24) is 9.97 Å². The van der Waals surface area contributed by atoms with Gasteiger partial charge in [-0.1, -0.05) is 27.7 Å². The maximum absolute atomic E-state index is 6.06. The van der Waals surface area contributed by atoms with Gasteiger partial charge in [0.05, 0.1) is 46.2 Å². The molecule has 0 unspecified atom stereocenters. The molecule has 2 spiro atoms. The molecule has 6 nitrogen and oxygen atoms in total. The Balaban J connectivity index is 0.000000461. The van der Waals surface area contributed by atoms with E-state index in [1.807, 2.05) is 41.5 Å². The second kappa shape index (κ2) is 7.61. The Hall–Kier alpha value is -0.900. The number of fused-ring (bicyclic) bond motifs is 6. The van der Waals surface area contributed by atoms with Crippen molar-refractivity contribution >= 4 is 22.7 Å². The van der Waals surface area contributed by atoms with E-state index < -0.39 is 11.6 Å². The Labute approximate surface area is 162 Å². The average Bonchev–Trinajstić information content (AvgIpc) is 3.43. The van der Waals surface area contributed by atoms with E-state index in [0.717, 1.165) is 31.2 Å². The van der Waals surface area contributed by atoms with Gasteiger partial charge in [-0.05, 0) is 13.8 Å². The highest BCUT2D eigenvalue weighted by Crippen LogP contribution is 2.60. The minimum Gasteiger partial charge on any atom is -0.338 e. The SMILES string of the molecule is CC.CC.Cc1nc2c(s1)-c1sc(C)nc1C1(OCCO1)C21OCCO1. The molecule has 0 N–H and O–H groups in total. The summed E-state index contributed by atoms with van der Waals surface area (Å²) < 4.78 is 24.2. The van der Waals surface area contributed by atoms with E-state index in [1.165, 1.54) is 0 Å². The lowest BCUT2D eigenvalue weighted by Gasteiger charge is -2.42. The van der Waals surface area contributed by atoms with Crippen molar-refractivity contribution in [2.75, 3.05) is 26.4 Å². The van der Waals surface area contributed by atoms with Gasteiger partial charge in [-0.15, -0.1) is 22.7 Å². The number of aromatic nitrogens is 2. The van der Waals surface area contributed by atoms with Gasteiger partial charge in [0.15, 0.2) is 0 Å². The zero-order valence-corrected chi connectivity index (χ0v) is 17.8. The van der Waals surface area contributed by atoms with Crippen molar-refractivity contribution in [1.29, 1.82) is 0 Å². The number of rotatable bonds is 0. The van der Waals surface area contributed by atoms with Crippen LogP contribution in [0.15, 0.2) is 0 Å². The third-order valence-electron chi connectivity index (χ3n) is 4.12. The fourth-order valence-electron chi connectivity index (χ4n) is 3.40. The van der Waals surface area contributed by atoms with Crippen molar-refractivity contribution in [3.05, 3.63) is 21.4 Å². The third kappa shape index (κ3) is 2.58. The molecule has 2 aromatic heterocycles. The first-order chi connectivity index (χ1) is 12.7. The third-order valence-corrected chi connectivity index (χ3v) is 6.22. The maximum atomic E-state index is 6.06. The van der Waals surface area contributed by atoms with Crippen LogP contribution in [0.25, 0.3) is 9.75 Å². The summed E-state index contributed by atoms with van der Waals surface area (Å²) >= 11 is 3.27. The van der Waals surface area contributed by atoms with Crippen LogP contribution >= 0.6 is 22.7 Å². The highest BCUT2D eigenvalue weighted by molar-refractivity contribution is 7.22. The summed E-state index contributed by atoms with van der Waals surface area (Å²) in [6.45, 7) is 13.9. The lowest BCUT2D eigenvalue weighted by atomic mass is 9.90. The predicted octanol–water partition coefficient (Wildman–Crippen LogP) is 4.35. The quantitative estimate of drug-likeness (QED) is 0.657. The number of hydrogen-bond acceptors (Lipinski definition) is 8. The molecule has 3 aliphatic rings. The van der Waals surface area contributed by atoms with Gasteiger partial charge in [0.25, 0.3) is 11.6 Å². The second-order valence-corrected chi connectivity index (χ2v) is 7.85. The molecule has 0 atom stereocenters. The fraction of sp³-hybridized carbons (Fsp3) is 0.667. The van der Waals surface area contributed by atoms with Gasteiger partial charge >= 0.3 is 0 Å². The molecule has 0 radical (unpaired) electrons. The Morgan fingerprint density at radius 3 is 1.27 bits per heavy atom. The van der Waals surface area contributed by atoms with Crippen LogP contribution in [0, 0.1) is 13.8 Å². The maximum Gasteiger partial charge on any atom is 0.276 e. The van der Waals surface area contributed by atoms with Crippen LogP contribution in [0.3, 0.4) is 0 Å². The van der Waals surface area contributed by atoms with Crippen molar-refractivity contribution in [2.24, 2.45) is 0 Å². The smallest absolute Gasteiger partial charge is 0.276 e. The minimum atomic E-state index is -1.14. The molecular formula is C18H26N2O4S2. The molecule has 2 fully saturated rings. The highest BCUT2D eigenvalue weighted by Gasteiger charge is 2.69. The molecule has 4 heterocycles. The summed E-state index contributed by atoms with van der Waals surface area (Å²) in [7, 11) is 0. The van der Waals surface area contributed by atoms with Gasteiger partial charge in [0.2, 0.25) is 0 Å². The molecule has 0 saturated carbocycles. The van der Waals surface area contributed by atoms with E-state index in [0.29, 0.717) is 26.4 Å². The number of nitrogens with zero attached hydrogens (tertiary/aromatic N) is 2. The Kier molecular flexibility index (Phi) is 5.81. The summed E-state index contributed by atoms with van der Waals surface area (Å²) in [5, 5.41) is 1.94. The van der Waals surface area contributed by atoms with Crippen LogP contribution in [0.1, 0.15) is 49.1 Å². The van der Waals surface area contributed by atoms with E-state index >= 15 is 0 Å². The first-order valence-electron chi connectivity index (χ1n) is 9.18.